The van der Waals surface area contributed by atoms with Crippen LogP contribution in [0.5, 0.6) is 5.75 Å². The zero-order valence-electron chi connectivity index (χ0n) is 17.9. The van der Waals surface area contributed by atoms with E-state index in [2.05, 4.69) is 15.9 Å². The van der Waals surface area contributed by atoms with Crippen molar-refractivity contribution in [3.8, 4) is 5.75 Å². The maximum absolute atomic E-state index is 13.1. The van der Waals surface area contributed by atoms with Crippen molar-refractivity contribution in [2.24, 2.45) is 0 Å². The second-order valence-corrected chi connectivity index (χ2v) is 10.3. The molecule has 2 aromatic carbocycles. The molecule has 1 saturated carbocycles. The van der Waals surface area contributed by atoms with Crippen LogP contribution in [0.1, 0.15) is 46.1 Å². The van der Waals surface area contributed by atoms with Crippen LogP contribution in [0.2, 0.25) is 0 Å². The van der Waals surface area contributed by atoms with Crippen molar-refractivity contribution in [2.45, 2.75) is 42.3 Å². The number of aromatic hydroxyl groups is 1. The van der Waals surface area contributed by atoms with E-state index in [0.717, 1.165) is 25.0 Å². The Morgan fingerprint density at radius 1 is 1.27 bits per heavy atom. The normalized spacial score (nSPS) is 14.4. The number of carbonyl (C=O) groups is 1. The van der Waals surface area contributed by atoms with Crippen LogP contribution >= 0.6 is 27.7 Å². The fourth-order valence-corrected chi connectivity index (χ4v) is 5.49. The first kappa shape index (κ1) is 24.0. The number of carboxylic acids is 1. The van der Waals surface area contributed by atoms with Gasteiger partial charge in [-0.25, -0.2) is 4.79 Å². The molecule has 0 radical (unpaired) electrons. The molecule has 2 N–H and O–H groups in total. The van der Waals surface area contributed by atoms with E-state index < -0.39 is 17.7 Å². The number of rotatable bonds is 7. The number of alkyl halides is 3. The summed E-state index contributed by atoms with van der Waals surface area (Å²) in [5.41, 5.74) is 1.11. The Morgan fingerprint density at radius 2 is 1.97 bits per heavy atom. The van der Waals surface area contributed by atoms with Crippen LogP contribution in [0, 0.1) is 0 Å². The number of hydrogen-bond donors (Lipinski definition) is 2. The molecule has 0 amide bonds. The predicted molar refractivity (Wildman–Crippen MR) is 125 cm³/mol. The Bertz CT molecular complexity index is 1240. The first-order valence-corrected chi connectivity index (χ1v) is 12.0. The van der Waals surface area contributed by atoms with Crippen LogP contribution < -0.4 is 0 Å². The molecule has 10 heteroatoms. The minimum atomic E-state index is -4.45. The molecule has 0 spiro atoms. The van der Waals surface area contributed by atoms with Gasteiger partial charge in [-0.05, 0) is 67.1 Å². The number of halogens is 4. The Balaban J connectivity index is 1.87. The monoisotopic (exact) mass is 542 g/mol. The van der Waals surface area contributed by atoms with Gasteiger partial charge in [0, 0.05) is 39.9 Å². The van der Waals surface area contributed by atoms with Gasteiger partial charge in [0.1, 0.15) is 5.75 Å². The Labute approximate surface area is 201 Å². The van der Waals surface area contributed by atoms with Crippen LogP contribution in [0.15, 0.2) is 39.7 Å². The number of aromatic carboxylic acids is 1. The van der Waals surface area contributed by atoms with E-state index in [1.54, 1.807) is 12.1 Å². The van der Waals surface area contributed by atoms with Gasteiger partial charge in [0.15, 0.2) is 0 Å². The highest BCUT2D eigenvalue weighted by Crippen LogP contribution is 2.47. The summed E-state index contributed by atoms with van der Waals surface area (Å²) in [6.45, 7) is 0.330. The number of carboxylic acid groups (broad SMARTS) is 1. The van der Waals surface area contributed by atoms with Crippen LogP contribution in [-0.2, 0) is 18.5 Å². The van der Waals surface area contributed by atoms with E-state index in [9.17, 15) is 28.2 Å². The lowest BCUT2D eigenvalue weighted by atomic mass is 10.0. The minimum Gasteiger partial charge on any atom is -0.506 e. The molecule has 0 bridgehead atoms. The molecule has 33 heavy (non-hydrogen) atoms. The van der Waals surface area contributed by atoms with E-state index in [4.69, 9.17) is 0 Å². The van der Waals surface area contributed by atoms with Crippen LogP contribution in [0.3, 0.4) is 0 Å². The first-order valence-electron chi connectivity index (χ1n) is 10.2. The van der Waals surface area contributed by atoms with Gasteiger partial charge < -0.3 is 19.7 Å². The van der Waals surface area contributed by atoms with Crippen LogP contribution in [0.25, 0.3) is 10.9 Å². The molecule has 0 atom stereocenters. The Morgan fingerprint density at radius 3 is 2.55 bits per heavy atom. The number of aromatic nitrogens is 1. The van der Waals surface area contributed by atoms with Gasteiger partial charge in [0.05, 0.1) is 21.1 Å². The summed E-state index contributed by atoms with van der Waals surface area (Å²) in [6, 6.07) is 6.89. The standard InChI is InChI=1S/C23H22BrF3N2O3S/c1-28(2)10-15-19-17(9-16(24)21(15)30)29(13-6-7-13)18(20(19)22(31)32)11-33-14-5-3-4-12(8-14)23(25,26)27/h3-5,8-9,13,30H,6-7,10-11H2,1-2H3,(H,31,32). The average Bonchev–Trinajstić information content (AvgIpc) is 3.51. The van der Waals surface area contributed by atoms with Gasteiger partial charge in [-0.2, -0.15) is 13.2 Å². The second-order valence-electron chi connectivity index (χ2n) is 8.36. The topological polar surface area (TPSA) is 65.7 Å². The highest BCUT2D eigenvalue weighted by atomic mass is 79.9. The third-order valence-electron chi connectivity index (χ3n) is 5.56. The van der Waals surface area contributed by atoms with E-state index in [-0.39, 0.29) is 23.1 Å². The van der Waals surface area contributed by atoms with Crippen molar-refractivity contribution in [3.63, 3.8) is 0 Å². The summed E-state index contributed by atoms with van der Waals surface area (Å²) in [5.74, 6) is -0.946. The van der Waals surface area contributed by atoms with Gasteiger partial charge in [0.25, 0.3) is 0 Å². The molecule has 1 aromatic heterocycles. The molecule has 0 aliphatic heterocycles. The van der Waals surface area contributed by atoms with Crippen molar-refractivity contribution in [1.29, 1.82) is 0 Å². The summed E-state index contributed by atoms with van der Waals surface area (Å²) in [5, 5.41) is 21.4. The third-order valence-corrected chi connectivity index (χ3v) is 7.17. The quantitative estimate of drug-likeness (QED) is 0.333. The summed E-state index contributed by atoms with van der Waals surface area (Å²) in [4.78, 5) is 14.7. The first-order chi connectivity index (χ1) is 15.5. The maximum atomic E-state index is 13.1. The minimum absolute atomic E-state index is 0.0104. The fourth-order valence-electron chi connectivity index (χ4n) is 4.06. The number of thioether (sulfide) groups is 1. The predicted octanol–water partition coefficient (Wildman–Crippen LogP) is 6.52. The highest BCUT2D eigenvalue weighted by Gasteiger charge is 2.34. The average molecular weight is 543 g/mol. The lowest BCUT2D eigenvalue weighted by Crippen LogP contribution is -2.12. The molecule has 4 rings (SSSR count). The Kier molecular flexibility index (Phi) is 6.45. The van der Waals surface area contributed by atoms with Crippen molar-refractivity contribution in [3.05, 3.63) is 57.2 Å². The van der Waals surface area contributed by atoms with Crippen molar-refractivity contribution >= 4 is 44.6 Å². The van der Waals surface area contributed by atoms with E-state index in [1.807, 2.05) is 23.6 Å². The summed E-state index contributed by atoms with van der Waals surface area (Å²) in [6.07, 6.45) is -2.66. The lowest BCUT2D eigenvalue weighted by Gasteiger charge is -2.15. The number of phenolic OH excluding ortho intramolecular Hbond substituents is 1. The van der Waals surface area contributed by atoms with E-state index in [0.29, 0.717) is 38.1 Å². The van der Waals surface area contributed by atoms with Crippen LogP contribution in [0.4, 0.5) is 13.2 Å². The molecule has 1 aliphatic carbocycles. The van der Waals surface area contributed by atoms with E-state index >= 15 is 0 Å². The molecule has 0 unspecified atom stereocenters. The SMILES string of the molecule is CN(C)Cc1c(O)c(Br)cc2c1c(C(=O)O)c(CSc1cccc(C(F)(F)F)c1)n2C1CC1. The van der Waals surface area contributed by atoms with Crippen molar-refractivity contribution < 1.29 is 28.2 Å². The summed E-state index contributed by atoms with van der Waals surface area (Å²) in [7, 11) is 3.66. The number of hydrogen-bond acceptors (Lipinski definition) is 4. The zero-order valence-corrected chi connectivity index (χ0v) is 20.3. The number of nitrogens with zero attached hydrogens (tertiary/aromatic N) is 2. The second kappa shape index (κ2) is 8.88. The third kappa shape index (κ3) is 4.74. The van der Waals surface area contributed by atoms with Crippen molar-refractivity contribution in [1.82, 2.24) is 9.47 Å². The molecule has 1 fully saturated rings. The van der Waals surface area contributed by atoms with Gasteiger partial charge in [-0.15, -0.1) is 11.8 Å². The summed E-state index contributed by atoms with van der Waals surface area (Å²) >= 11 is 4.56. The van der Waals surface area contributed by atoms with Gasteiger partial charge in [-0.3, -0.25) is 0 Å². The zero-order chi connectivity index (χ0) is 24.1. The Hall–Kier alpha value is -2.17. The summed E-state index contributed by atoms with van der Waals surface area (Å²) < 4.78 is 41.8. The number of fused-ring (bicyclic) bond motifs is 1. The van der Waals surface area contributed by atoms with E-state index in [1.165, 1.54) is 17.8 Å². The lowest BCUT2D eigenvalue weighted by molar-refractivity contribution is -0.137. The highest BCUT2D eigenvalue weighted by molar-refractivity contribution is 9.10. The maximum Gasteiger partial charge on any atom is 0.416 e. The molecule has 5 nitrogen and oxygen atoms in total. The van der Waals surface area contributed by atoms with Gasteiger partial charge in [-0.1, -0.05) is 6.07 Å². The molecule has 0 saturated heterocycles. The molecule has 1 aliphatic rings. The van der Waals surface area contributed by atoms with Gasteiger partial charge >= 0.3 is 12.1 Å². The smallest absolute Gasteiger partial charge is 0.416 e. The van der Waals surface area contributed by atoms with Gasteiger partial charge in [0.2, 0.25) is 0 Å². The number of benzene rings is 2. The molecule has 3 aromatic rings. The molecule has 176 valence electrons. The largest absolute Gasteiger partial charge is 0.506 e. The molecule has 1 heterocycles. The molecular weight excluding hydrogens is 521 g/mol. The van der Waals surface area contributed by atoms with Crippen LogP contribution in [-0.4, -0.2) is 39.7 Å². The molecular formula is C23H22BrF3N2O3S. The fraction of sp³-hybridized carbons (Fsp3) is 0.348. The number of phenols is 1. The van der Waals surface area contributed by atoms with Crippen molar-refractivity contribution in [2.75, 3.05) is 14.1 Å².